The van der Waals surface area contributed by atoms with Crippen molar-refractivity contribution in [3.63, 3.8) is 0 Å². The summed E-state index contributed by atoms with van der Waals surface area (Å²) in [5.41, 5.74) is 7.88. The molecule has 2 aromatic rings. The van der Waals surface area contributed by atoms with Gasteiger partial charge in [-0.25, -0.2) is 0 Å². The first-order valence-corrected chi connectivity index (χ1v) is 5.96. The highest BCUT2D eigenvalue weighted by Gasteiger charge is 2.31. The summed E-state index contributed by atoms with van der Waals surface area (Å²) >= 11 is 0. The summed E-state index contributed by atoms with van der Waals surface area (Å²) in [5.74, 6) is 0.212. The van der Waals surface area contributed by atoms with Crippen molar-refractivity contribution in [1.29, 1.82) is 0 Å². The maximum atomic E-state index is 12.1. The van der Waals surface area contributed by atoms with Crippen molar-refractivity contribution in [2.24, 2.45) is 5.92 Å². The van der Waals surface area contributed by atoms with Crippen LogP contribution in [0.3, 0.4) is 0 Å². The van der Waals surface area contributed by atoms with Crippen LogP contribution in [0.2, 0.25) is 0 Å². The minimum atomic E-state index is -0.0190. The SMILES string of the molecule is Nc1ccc2[nH]c(C(=O)N3CC(CO)C3)cc2c1. The number of aromatic nitrogens is 1. The summed E-state index contributed by atoms with van der Waals surface area (Å²) in [6, 6.07) is 7.34. The van der Waals surface area contributed by atoms with Gasteiger partial charge in [-0.15, -0.1) is 0 Å². The van der Waals surface area contributed by atoms with Gasteiger partial charge in [0, 0.05) is 42.2 Å². The molecule has 0 aliphatic carbocycles. The van der Waals surface area contributed by atoms with Crippen molar-refractivity contribution in [2.75, 3.05) is 25.4 Å². The van der Waals surface area contributed by atoms with Gasteiger partial charge >= 0.3 is 0 Å². The van der Waals surface area contributed by atoms with E-state index >= 15 is 0 Å². The number of H-pyrrole nitrogens is 1. The summed E-state index contributed by atoms with van der Waals surface area (Å²) in [6.07, 6.45) is 0. The van der Waals surface area contributed by atoms with E-state index in [1.165, 1.54) is 0 Å². The van der Waals surface area contributed by atoms with Gasteiger partial charge in [-0.1, -0.05) is 0 Å². The van der Waals surface area contributed by atoms with E-state index in [0.29, 0.717) is 24.5 Å². The van der Waals surface area contributed by atoms with Gasteiger partial charge in [0.05, 0.1) is 0 Å². The minimum Gasteiger partial charge on any atom is -0.399 e. The number of carbonyl (C=O) groups is 1. The van der Waals surface area contributed by atoms with E-state index in [-0.39, 0.29) is 18.4 Å². The number of aliphatic hydroxyl groups excluding tert-OH is 1. The first-order chi connectivity index (χ1) is 8.67. The molecule has 1 aromatic heterocycles. The molecule has 1 fully saturated rings. The van der Waals surface area contributed by atoms with Crippen LogP contribution in [0.1, 0.15) is 10.5 Å². The molecule has 0 unspecified atom stereocenters. The minimum absolute atomic E-state index is 0.0190. The number of benzene rings is 1. The fourth-order valence-electron chi connectivity index (χ4n) is 2.29. The topological polar surface area (TPSA) is 82.4 Å². The third kappa shape index (κ3) is 1.73. The van der Waals surface area contributed by atoms with Gasteiger partial charge in [0.25, 0.3) is 5.91 Å². The molecule has 1 amide bonds. The van der Waals surface area contributed by atoms with E-state index < -0.39 is 0 Å². The molecule has 1 aliphatic rings. The number of fused-ring (bicyclic) bond motifs is 1. The van der Waals surface area contributed by atoms with Crippen LogP contribution in [0.25, 0.3) is 10.9 Å². The van der Waals surface area contributed by atoms with Gasteiger partial charge in [0.2, 0.25) is 0 Å². The van der Waals surface area contributed by atoms with Gasteiger partial charge < -0.3 is 20.7 Å². The van der Waals surface area contributed by atoms with Crippen molar-refractivity contribution in [2.45, 2.75) is 0 Å². The molecule has 2 heterocycles. The number of nitrogens with zero attached hydrogens (tertiary/aromatic N) is 1. The monoisotopic (exact) mass is 245 g/mol. The lowest BCUT2D eigenvalue weighted by Gasteiger charge is -2.37. The molecule has 4 N–H and O–H groups in total. The van der Waals surface area contributed by atoms with E-state index in [4.69, 9.17) is 10.8 Å². The summed E-state index contributed by atoms with van der Waals surface area (Å²) in [7, 11) is 0. The Morgan fingerprint density at radius 1 is 1.44 bits per heavy atom. The second-order valence-electron chi connectivity index (χ2n) is 4.79. The van der Waals surface area contributed by atoms with Crippen molar-refractivity contribution in [1.82, 2.24) is 9.88 Å². The molecule has 5 nitrogen and oxygen atoms in total. The molecule has 0 atom stereocenters. The standard InChI is InChI=1S/C13H15N3O2/c14-10-1-2-11-9(3-10)4-12(15-11)13(18)16-5-8(6-16)7-17/h1-4,8,15,17H,5-7,14H2. The molecular weight excluding hydrogens is 230 g/mol. The van der Waals surface area contributed by atoms with Gasteiger partial charge in [0.15, 0.2) is 0 Å². The van der Waals surface area contributed by atoms with E-state index in [0.717, 1.165) is 10.9 Å². The molecule has 3 rings (SSSR count). The van der Waals surface area contributed by atoms with E-state index in [2.05, 4.69) is 4.98 Å². The third-order valence-corrected chi connectivity index (χ3v) is 3.38. The van der Waals surface area contributed by atoms with Gasteiger partial charge in [-0.2, -0.15) is 0 Å². The molecule has 0 spiro atoms. The number of nitrogens with two attached hydrogens (primary N) is 1. The Morgan fingerprint density at radius 3 is 2.94 bits per heavy atom. The van der Waals surface area contributed by atoms with Crippen LogP contribution < -0.4 is 5.73 Å². The number of rotatable bonds is 2. The number of nitrogen functional groups attached to an aromatic ring is 1. The van der Waals surface area contributed by atoms with Crippen LogP contribution in [0.15, 0.2) is 24.3 Å². The summed E-state index contributed by atoms with van der Waals surface area (Å²) < 4.78 is 0. The van der Waals surface area contributed by atoms with Crippen LogP contribution >= 0.6 is 0 Å². The Kier molecular flexibility index (Phi) is 2.48. The van der Waals surface area contributed by atoms with Crippen molar-refractivity contribution in [3.8, 4) is 0 Å². The van der Waals surface area contributed by atoms with E-state index in [1.54, 1.807) is 11.0 Å². The van der Waals surface area contributed by atoms with Crippen molar-refractivity contribution >= 4 is 22.5 Å². The molecular formula is C13H15N3O2. The molecule has 0 bridgehead atoms. The van der Waals surface area contributed by atoms with E-state index in [9.17, 15) is 4.79 Å². The molecule has 94 valence electrons. The second-order valence-corrected chi connectivity index (χ2v) is 4.79. The van der Waals surface area contributed by atoms with Gasteiger partial charge in [-0.05, 0) is 24.3 Å². The predicted octanol–water partition coefficient (Wildman–Crippen LogP) is 0.814. The number of aliphatic hydroxyl groups is 1. The lowest BCUT2D eigenvalue weighted by molar-refractivity contribution is 0.0357. The van der Waals surface area contributed by atoms with Crippen LogP contribution in [0, 0.1) is 5.92 Å². The zero-order chi connectivity index (χ0) is 12.7. The number of carbonyl (C=O) groups excluding carboxylic acids is 1. The molecule has 0 saturated carbocycles. The summed E-state index contributed by atoms with van der Waals surface area (Å²) in [4.78, 5) is 17.0. The summed E-state index contributed by atoms with van der Waals surface area (Å²) in [6.45, 7) is 1.41. The van der Waals surface area contributed by atoms with Crippen LogP contribution in [0.4, 0.5) is 5.69 Å². The lowest BCUT2D eigenvalue weighted by atomic mass is 10.0. The highest BCUT2D eigenvalue weighted by molar-refractivity contribution is 5.98. The highest BCUT2D eigenvalue weighted by atomic mass is 16.3. The number of nitrogens with one attached hydrogen (secondary N) is 1. The number of hydrogen-bond donors (Lipinski definition) is 3. The maximum Gasteiger partial charge on any atom is 0.270 e. The fraction of sp³-hybridized carbons (Fsp3) is 0.308. The second kappa shape index (κ2) is 4.03. The molecule has 5 heteroatoms. The number of hydrogen-bond acceptors (Lipinski definition) is 3. The smallest absolute Gasteiger partial charge is 0.270 e. The van der Waals surface area contributed by atoms with Crippen molar-refractivity contribution < 1.29 is 9.90 Å². The molecule has 1 aliphatic heterocycles. The zero-order valence-corrected chi connectivity index (χ0v) is 9.89. The Labute approximate surface area is 104 Å². The predicted molar refractivity (Wildman–Crippen MR) is 69.2 cm³/mol. The average molecular weight is 245 g/mol. The zero-order valence-electron chi connectivity index (χ0n) is 9.89. The summed E-state index contributed by atoms with van der Waals surface area (Å²) in [5, 5.41) is 9.88. The highest BCUT2D eigenvalue weighted by Crippen LogP contribution is 2.22. The van der Waals surface area contributed by atoms with Gasteiger partial charge in [0.1, 0.15) is 5.69 Å². The largest absolute Gasteiger partial charge is 0.399 e. The Balaban J connectivity index is 1.84. The van der Waals surface area contributed by atoms with E-state index in [1.807, 2.05) is 18.2 Å². The first kappa shape index (κ1) is 11.1. The van der Waals surface area contributed by atoms with Gasteiger partial charge in [-0.3, -0.25) is 4.79 Å². The number of amides is 1. The van der Waals surface area contributed by atoms with Crippen LogP contribution in [-0.4, -0.2) is 40.6 Å². The fourth-order valence-corrected chi connectivity index (χ4v) is 2.29. The number of anilines is 1. The number of likely N-dealkylation sites (tertiary alicyclic amines) is 1. The molecule has 18 heavy (non-hydrogen) atoms. The lowest BCUT2D eigenvalue weighted by Crippen LogP contribution is -2.51. The quantitative estimate of drug-likeness (QED) is 0.685. The normalized spacial score (nSPS) is 15.9. The van der Waals surface area contributed by atoms with Crippen LogP contribution in [-0.2, 0) is 0 Å². The number of aromatic amines is 1. The first-order valence-electron chi connectivity index (χ1n) is 5.96. The molecule has 1 aromatic carbocycles. The van der Waals surface area contributed by atoms with Crippen molar-refractivity contribution in [3.05, 3.63) is 30.0 Å². The third-order valence-electron chi connectivity index (χ3n) is 3.38. The van der Waals surface area contributed by atoms with Crippen LogP contribution in [0.5, 0.6) is 0 Å². The Hall–Kier alpha value is -2.01. The molecule has 0 radical (unpaired) electrons. The maximum absolute atomic E-state index is 12.1. The Morgan fingerprint density at radius 2 is 2.22 bits per heavy atom. The Bertz CT molecular complexity index is 599. The molecule has 1 saturated heterocycles. The average Bonchev–Trinajstić information content (AvgIpc) is 2.70.